The molecule has 1 unspecified atom stereocenters. The summed E-state index contributed by atoms with van der Waals surface area (Å²) in [7, 11) is 1.65. The molecule has 0 radical (unpaired) electrons. The van der Waals surface area contributed by atoms with E-state index in [-0.39, 0.29) is 18.7 Å². The van der Waals surface area contributed by atoms with Gasteiger partial charge in [-0.3, -0.25) is 0 Å². The number of nitrogens with zero attached hydrogens (tertiary/aromatic N) is 1. The number of ether oxygens (including phenoxy) is 1. The Morgan fingerprint density at radius 3 is 2.58 bits per heavy atom. The Bertz CT molecular complexity index is 392. The number of carbonyl (C=O) groups is 1. The minimum atomic E-state index is -0.199. The number of nitrogens with one attached hydrogen (secondary N) is 1. The maximum Gasteiger partial charge on any atom is 0.317 e. The lowest BCUT2D eigenvalue weighted by Gasteiger charge is -2.21. The Labute approximate surface area is 114 Å². The van der Waals surface area contributed by atoms with E-state index in [1.54, 1.807) is 7.05 Å². The first-order chi connectivity index (χ1) is 9.08. The zero-order valence-corrected chi connectivity index (χ0v) is 11.7. The first-order valence-corrected chi connectivity index (χ1v) is 6.43. The molecule has 5 heteroatoms. The highest BCUT2D eigenvalue weighted by Crippen LogP contribution is 2.17. The van der Waals surface area contributed by atoms with Crippen molar-refractivity contribution in [1.29, 1.82) is 0 Å². The molecule has 0 aliphatic carbocycles. The Hall–Kier alpha value is -1.75. The number of hydrogen-bond donors (Lipinski definition) is 2. The van der Waals surface area contributed by atoms with Crippen molar-refractivity contribution < 1.29 is 14.6 Å². The highest BCUT2D eigenvalue weighted by molar-refractivity contribution is 5.74. The van der Waals surface area contributed by atoms with E-state index in [0.29, 0.717) is 13.2 Å². The van der Waals surface area contributed by atoms with Crippen molar-refractivity contribution in [2.24, 2.45) is 0 Å². The van der Waals surface area contributed by atoms with Crippen LogP contribution in [-0.2, 0) is 0 Å². The van der Waals surface area contributed by atoms with Gasteiger partial charge in [-0.15, -0.1) is 0 Å². The average molecular weight is 266 g/mol. The van der Waals surface area contributed by atoms with Gasteiger partial charge in [0.1, 0.15) is 5.75 Å². The van der Waals surface area contributed by atoms with Crippen molar-refractivity contribution >= 4 is 6.03 Å². The van der Waals surface area contributed by atoms with Crippen molar-refractivity contribution in [3.8, 4) is 5.75 Å². The number of aliphatic hydroxyl groups excluding tert-OH is 1. The summed E-state index contributed by atoms with van der Waals surface area (Å²) in [6.45, 7) is 4.77. The van der Waals surface area contributed by atoms with E-state index in [4.69, 9.17) is 9.84 Å². The first-order valence-electron chi connectivity index (χ1n) is 6.43. The summed E-state index contributed by atoms with van der Waals surface area (Å²) in [5.74, 6) is 0.821. The molecule has 1 atom stereocenters. The summed E-state index contributed by atoms with van der Waals surface area (Å²) < 4.78 is 5.37. The molecule has 0 aromatic heterocycles. The van der Waals surface area contributed by atoms with Crippen LogP contribution in [0.2, 0.25) is 0 Å². The zero-order chi connectivity index (χ0) is 14.3. The van der Waals surface area contributed by atoms with Gasteiger partial charge in [-0.25, -0.2) is 4.79 Å². The van der Waals surface area contributed by atoms with Gasteiger partial charge in [-0.2, -0.15) is 0 Å². The molecule has 0 spiro atoms. The summed E-state index contributed by atoms with van der Waals surface area (Å²) in [6, 6.07) is 7.35. The van der Waals surface area contributed by atoms with Gasteiger partial charge in [0.25, 0.3) is 0 Å². The van der Waals surface area contributed by atoms with Crippen LogP contribution < -0.4 is 10.1 Å². The Kier molecular flexibility index (Phi) is 6.15. The number of carbonyl (C=O) groups excluding carboxylic acids is 1. The molecule has 0 aliphatic heterocycles. The normalized spacial score (nSPS) is 11.8. The highest BCUT2D eigenvalue weighted by Gasteiger charge is 2.12. The molecule has 1 aromatic carbocycles. The van der Waals surface area contributed by atoms with Crippen molar-refractivity contribution in [3.05, 3.63) is 29.8 Å². The van der Waals surface area contributed by atoms with E-state index < -0.39 is 0 Å². The summed E-state index contributed by atoms with van der Waals surface area (Å²) in [5.41, 5.74) is 1.01. The lowest BCUT2D eigenvalue weighted by molar-refractivity contribution is 0.188. The second kappa shape index (κ2) is 7.63. The van der Waals surface area contributed by atoms with E-state index in [2.05, 4.69) is 5.32 Å². The van der Waals surface area contributed by atoms with Gasteiger partial charge >= 0.3 is 6.03 Å². The van der Waals surface area contributed by atoms with Gasteiger partial charge in [0, 0.05) is 13.6 Å². The van der Waals surface area contributed by atoms with E-state index in [1.165, 1.54) is 4.90 Å². The summed E-state index contributed by atoms with van der Waals surface area (Å²) in [4.78, 5) is 13.2. The largest absolute Gasteiger partial charge is 0.494 e. The van der Waals surface area contributed by atoms with Crippen molar-refractivity contribution in [2.45, 2.75) is 19.9 Å². The Morgan fingerprint density at radius 2 is 2.05 bits per heavy atom. The molecule has 106 valence electrons. The van der Waals surface area contributed by atoms with E-state index >= 15 is 0 Å². The Balaban J connectivity index is 2.57. The van der Waals surface area contributed by atoms with Gasteiger partial charge in [0.15, 0.2) is 0 Å². The van der Waals surface area contributed by atoms with Crippen LogP contribution in [0.4, 0.5) is 4.79 Å². The van der Waals surface area contributed by atoms with Crippen LogP contribution in [0.1, 0.15) is 25.5 Å². The van der Waals surface area contributed by atoms with Gasteiger partial charge in [-0.1, -0.05) is 12.1 Å². The van der Waals surface area contributed by atoms with Crippen LogP contribution in [0, 0.1) is 0 Å². The van der Waals surface area contributed by atoms with Gasteiger partial charge in [-0.05, 0) is 31.5 Å². The van der Waals surface area contributed by atoms with Crippen LogP contribution in [0.25, 0.3) is 0 Å². The number of hydrogen-bond acceptors (Lipinski definition) is 3. The lowest BCUT2D eigenvalue weighted by atomic mass is 10.1. The van der Waals surface area contributed by atoms with Crippen LogP contribution in [-0.4, -0.2) is 42.8 Å². The number of amides is 2. The fourth-order valence-electron chi connectivity index (χ4n) is 1.65. The second-order valence-electron chi connectivity index (χ2n) is 4.32. The zero-order valence-electron chi connectivity index (χ0n) is 11.7. The van der Waals surface area contributed by atoms with E-state index in [9.17, 15) is 4.79 Å². The maximum absolute atomic E-state index is 11.8. The third-order valence-electron chi connectivity index (χ3n) is 2.81. The molecule has 19 heavy (non-hydrogen) atoms. The Morgan fingerprint density at radius 1 is 1.42 bits per heavy atom. The SMILES string of the molecule is CCOc1ccc(C(C)NC(=O)N(C)CCO)cc1. The maximum atomic E-state index is 11.8. The standard InChI is InChI=1S/C14H22N2O3/c1-4-19-13-7-5-12(6-8-13)11(2)15-14(18)16(3)9-10-17/h5-8,11,17H,4,9-10H2,1-3H3,(H,15,18). The van der Waals surface area contributed by atoms with Gasteiger partial charge in [0.2, 0.25) is 0 Å². The molecule has 1 aromatic rings. The molecular weight excluding hydrogens is 244 g/mol. The monoisotopic (exact) mass is 266 g/mol. The minimum absolute atomic E-state index is 0.0403. The molecule has 0 saturated heterocycles. The summed E-state index contributed by atoms with van der Waals surface area (Å²) >= 11 is 0. The van der Waals surface area contributed by atoms with Crippen LogP contribution >= 0.6 is 0 Å². The van der Waals surface area contributed by atoms with Crippen LogP contribution in [0.5, 0.6) is 5.75 Å². The van der Waals surface area contributed by atoms with E-state index in [1.807, 2.05) is 38.1 Å². The van der Waals surface area contributed by atoms with Gasteiger partial charge in [0.05, 0.1) is 19.3 Å². The molecule has 5 nitrogen and oxygen atoms in total. The predicted octanol–water partition coefficient (Wildman–Crippen LogP) is 1.78. The van der Waals surface area contributed by atoms with Crippen LogP contribution in [0.15, 0.2) is 24.3 Å². The molecule has 2 N–H and O–H groups in total. The smallest absolute Gasteiger partial charge is 0.317 e. The predicted molar refractivity (Wildman–Crippen MR) is 74.3 cm³/mol. The number of aliphatic hydroxyl groups is 1. The molecular formula is C14H22N2O3. The third kappa shape index (κ3) is 4.79. The molecule has 2 amide bonds. The van der Waals surface area contributed by atoms with Crippen LogP contribution in [0.3, 0.4) is 0 Å². The molecule has 0 heterocycles. The fourth-order valence-corrected chi connectivity index (χ4v) is 1.65. The molecule has 0 bridgehead atoms. The number of urea groups is 1. The fraction of sp³-hybridized carbons (Fsp3) is 0.500. The van der Waals surface area contributed by atoms with Crippen molar-refractivity contribution in [3.63, 3.8) is 0 Å². The highest BCUT2D eigenvalue weighted by atomic mass is 16.5. The topological polar surface area (TPSA) is 61.8 Å². The second-order valence-corrected chi connectivity index (χ2v) is 4.32. The van der Waals surface area contributed by atoms with Gasteiger partial charge < -0.3 is 20.1 Å². The lowest BCUT2D eigenvalue weighted by Crippen LogP contribution is -2.39. The molecule has 0 saturated carbocycles. The number of likely N-dealkylation sites (N-methyl/N-ethyl adjacent to an activating group) is 1. The quantitative estimate of drug-likeness (QED) is 0.825. The molecule has 0 aliphatic rings. The molecule has 1 rings (SSSR count). The first kappa shape index (κ1) is 15.3. The number of benzene rings is 1. The third-order valence-corrected chi connectivity index (χ3v) is 2.81. The van der Waals surface area contributed by atoms with Crippen molar-refractivity contribution in [2.75, 3.05) is 26.8 Å². The summed E-state index contributed by atoms with van der Waals surface area (Å²) in [6.07, 6.45) is 0. The average Bonchev–Trinajstić information content (AvgIpc) is 2.40. The number of rotatable bonds is 6. The molecule has 0 fully saturated rings. The minimum Gasteiger partial charge on any atom is -0.494 e. The van der Waals surface area contributed by atoms with E-state index in [0.717, 1.165) is 11.3 Å². The van der Waals surface area contributed by atoms with Crippen molar-refractivity contribution in [1.82, 2.24) is 10.2 Å². The summed E-state index contributed by atoms with van der Waals surface area (Å²) in [5, 5.41) is 11.6.